The molecular formula is C28H28N2O4. The van der Waals surface area contributed by atoms with Crippen molar-refractivity contribution in [2.75, 3.05) is 23.9 Å². The Labute approximate surface area is 199 Å². The Balaban J connectivity index is 1.86. The van der Waals surface area contributed by atoms with Crippen molar-refractivity contribution in [1.82, 2.24) is 0 Å². The molecule has 1 heterocycles. The van der Waals surface area contributed by atoms with Crippen molar-refractivity contribution in [2.45, 2.75) is 26.0 Å². The van der Waals surface area contributed by atoms with Crippen molar-refractivity contribution in [3.63, 3.8) is 0 Å². The second-order valence-corrected chi connectivity index (χ2v) is 8.69. The van der Waals surface area contributed by atoms with Crippen molar-refractivity contribution < 1.29 is 19.4 Å². The average molecular weight is 457 g/mol. The van der Waals surface area contributed by atoms with E-state index in [1.807, 2.05) is 87.4 Å². The Morgan fingerprint density at radius 3 is 2.24 bits per heavy atom. The van der Waals surface area contributed by atoms with Crippen LogP contribution in [0.15, 0.2) is 84.4 Å². The molecule has 1 aliphatic rings. The number of aliphatic hydroxyl groups excluding tert-OH is 1. The van der Waals surface area contributed by atoms with E-state index in [-0.39, 0.29) is 17.4 Å². The lowest BCUT2D eigenvalue weighted by Gasteiger charge is -2.26. The number of hydrogen-bond donors (Lipinski definition) is 1. The quantitative estimate of drug-likeness (QED) is 0.315. The van der Waals surface area contributed by atoms with Gasteiger partial charge in [-0.1, -0.05) is 42.5 Å². The molecule has 0 radical (unpaired) electrons. The van der Waals surface area contributed by atoms with E-state index >= 15 is 0 Å². The zero-order valence-corrected chi connectivity index (χ0v) is 19.7. The number of benzene rings is 3. The Hall–Kier alpha value is -4.06. The van der Waals surface area contributed by atoms with Crippen molar-refractivity contribution in [2.24, 2.45) is 0 Å². The zero-order valence-electron chi connectivity index (χ0n) is 19.7. The van der Waals surface area contributed by atoms with Crippen LogP contribution in [-0.4, -0.2) is 37.0 Å². The molecule has 1 saturated heterocycles. The summed E-state index contributed by atoms with van der Waals surface area (Å²) in [5, 5.41) is 11.3. The number of anilines is 2. The van der Waals surface area contributed by atoms with Gasteiger partial charge in [0, 0.05) is 31.0 Å². The first-order valence-corrected chi connectivity index (χ1v) is 11.2. The minimum Gasteiger partial charge on any atom is -0.507 e. The first-order valence-electron chi connectivity index (χ1n) is 11.2. The largest absolute Gasteiger partial charge is 0.507 e. The van der Waals surface area contributed by atoms with Crippen LogP contribution in [0.25, 0.3) is 5.76 Å². The van der Waals surface area contributed by atoms with Crippen LogP contribution in [0.5, 0.6) is 5.75 Å². The van der Waals surface area contributed by atoms with Crippen molar-refractivity contribution >= 4 is 28.8 Å². The minimum atomic E-state index is -0.763. The van der Waals surface area contributed by atoms with E-state index in [0.29, 0.717) is 17.0 Å². The summed E-state index contributed by atoms with van der Waals surface area (Å²) < 4.78 is 5.75. The van der Waals surface area contributed by atoms with Crippen LogP contribution in [0, 0.1) is 0 Å². The van der Waals surface area contributed by atoms with Crippen LogP contribution < -0.4 is 14.5 Å². The normalized spacial score (nSPS) is 17.3. The van der Waals surface area contributed by atoms with Crippen molar-refractivity contribution in [1.29, 1.82) is 0 Å². The number of ether oxygens (including phenoxy) is 1. The van der Waals surface area contributed by atoms with Gasteiger partial charge < -0.3 is 14.7 Å². The fourth-order valence-electron chi connectivity index (χ4n) is 4.11. The number of rotatable bonds is 6. The maximum absolute atomic E-state index is 13.3. The lowest BCUT2D eigenvalue weighted by Crippen LogP contribution is -2.29. The molecular weight excluding hydrogens is 428 g/mol. The van der Waals surface area contributed by atoms with E-state index < -0.39 is 17.7 Å². The smallest absolute Gasteiger partial charge is 0.300 e. The van der Waals surface area contributed by atoms with Crippen molar-refractivity contribution in [3.8, 4) is 5.75 Å². The summed E-state index contributed by atoms with van der Waals surface area (Å²) in [6, 6.07) is 22.8. The number of ketones is 1. The predicted molar refractivity (Wildman–Crippen MR) is 134 cm³/mol. The second kappa shape index (κ2) is 9.43. The molecule has 0 aromatic heterocycles. The molecule has 3 aromatic carbocycles. The first-order chi connectivity index (χ1) is 16.3. The highest BCUT2D eigenvalue weighted by molar-refractivity contribution is 6.51. The summed E-state index contributed by atoms with van der Waals surface area (Å²) in [5.41, 5.74) is 2.75. The summed E-state index contributed by atoms with van der Waals surface area (Å²) >= 11 is 0. The highest BCUT2D eigenvalue weighted by Gasteiger charge is 2.46. The fourth-order valence-corrected chi connectivity index (χ4v) is 4.11. The van der Waals surface area contributed by atoms with Gasteiger partial charge in [0.15, 0.2) is 0 Å². The molecule has 6 nitrogen and oxygen atoms in total. The SMILES string of the molecule is CC(C)Oc1cccc(/C(O)=C2/C(=O)C(=O)N(c3ccc(N(C)C)cc3)C2c2ccccc2)c1. The molecule has 1 N–H and O–H groups in total. The number of carbonyl (C=O) groups is 2. The Kier molecular flexibility index (Phi) is 6.41. The fraction of sp³-hybridized carbons (Fsp3) is 0.214. The molecule has 4 rings (SSSR count). The Morgan fingerprint density at radius 1 is 0.941 bits per heavy atom. The number of hydrogen-bond acceptors (Lipinski definition) is 5. The molecule has 6 heteroatoms. The van der Waals surface area contributed by atoms with Crippen LogP contribution in [0.4, 0.5) is 11.4 Å². The molecule has 0 saturated carbocycles. The van der Waals surface area contributed by atoms with Crippen LogP contribution >= 0.6 is 0 Å². The van der Waals surface area contributed by atoms with Gasteiger partial charge in [0.25, 0.3) is 11.7 Å². The zero-order chi connectivity index (χ0) is 24.4. The third-order valence-corrected chi connectivity index (χ3v) is 5.68. The molecule has 34 heavy (non-hydrogen) atoms. The van der Waals surface area contributed by atoms with E-state index in [2.05, 4.69) is 0 Å². The number of Topliss-reactive ketones (excluding diaryl/α,β-unsaturated/α-hetero) is 1. The van der Waals surface area contributed by atoms with E-state index in [1.54, 1.807) is 24.3 Å². The van der Waals surface area contributed by atoms with Gasteiger partial charge in [-0.2, -0.15) is 0 Å². The molecule has 1 unspecified atom stereocenters. The van der Waals surface area contributed by atoms with Crippen LogP contribution in [0.1, 0.15) is 31.0 Å². The molecule has 174 valence electrons. The number of carbonyl (C=O) groups excluding carboxylic acids is 2. The van der Waals surface area contributed by atoms with Crippen LogP contribution in [-0.2, 0) is 9.59 Å². The van der Waals surface area contributed by atoms with E-state index in [0.717, 1.165) is 11.3 Å². The molecule has 0 spiro atoms. The van der Waals surface area contributed by atoms with E-state index in [4.69, 9.17) is 4.74 Å². The Bertz CT molecular complexity index is 1230. The Morgan fingerprint density at radius 2 is 1.62 bits per heavy atom. The summed E-state index contributed by atoms with van der Waals surface area (Å²) in [6.07, 6.45) is -0.0440. The van der Waals surface area contributed by atoms with Gasteiger partial charge in [0.2, 0.25) is 0 Å². The maximum Gasteiger partial charge on any atom is 0.300 e. The highest BCUT2D eigenvalue weighted by Crippen LogP contribution is 2.42. The molecule has 1 aliphatic heterocycles. The third-order valence-electron chi connectivity index (χ3n) is 5.68. The van der Waals surface area contributed by atoms with E-state index in [9.17, 15) is 14.7 Å². The summed E-state index contributed by atoms with van der Waals surface area (Å²) in [6.45, 7) is 3.82. The lowest BCUT2D eigenvalue weighted by molar-refractivity contribution is -0.132. The highest BCUT2D eigenvalue weighted by atomic mass is 16.5. The molecule has 0 aliphatic carbocycles. The van der Waals surface area contributed by atoms with Crippen LogP contribution in [0.3, 0.4) is 0 Å². The topological polar surface area (TPSA) is 70.1 Å². The molecule has 1 atom stereocenters. The molecule has 0 bridgehead atoms. The minimum absolute atomic E-state index is 0.0440. The van der Waals surface area contributed by atoms with Gasteiger partial charge in [-0.15, -0.1) is 0 Å². The predicted octanol–water partition coefficient (Wildman–Crippen LogP) is 5.17. The molecule has 1 fully saturated rings. The maximum atomic E-state index is 13.3. The van der Waals surface area contributed by atoms with Gasteiger partial charge in [-0.3, -0.25) is 14.5 Å². The van der Waals surface area contributed by atoms with Crippen molar-refractivity contribution in [3.05, 3.63) is 95.6 Å². The summed E-state index contributed by atoms with van der Waals surface area (Å²) in [7, 11) is 3.87. The lowest BCUT2D eigenvalue weighted by atomic mass is 9.95. The number of nitrogens with zero attached hydrogens (tertiary/aromatic N) is 2. The van der Waals surface area contributed by atoms with Crippen LogP contribution in [0.2, 0.25) is 0 Å². The first kappa shape index (κ1) is 23.1. The summed E-state index contributed by atoms with van der Waals surface area (Å²) in [5.74, 6) is -1.06. The summed E-state index contributed by atoms with van der Waals surface area (Å²) in [4.78, 5) is 30.0. The number of aliphatic hydroxyl groups is 1. The van der Waals surface area contributed by atoms with Gasteiger partial charge in [0.1, 0.15) is 11.5 Å². The molecule has 3 aromatic rings. The van der Waals surface area contributed by atoms with Gasteiger partial charge in [-0.25, -0.2) is 0 Å². The second-order valence-electron chi connectivity index (χ2n) is 8.69. The standard InChI is InChI=1S/C28H28N2O4/c1-18(2)34-23-12-8-11-20(17-23)26(31)24-25(19-9-6-5-7-10-19)30(28(33)27(24)32)22-15-13-21(14-16-22)29(3)4/h5-18,25,31H,1-4H3/b26-24-. The average Bonchev–Trinajstić information content (AvgIpc) is 3.09. The third kappa shape index (κ3) is 4.39. The van der Waals surface area contributed by atoms with Gasteiger partial charge in [-0.05, 0) is 55.8 Å². The van der Waals surface area contributed by atoms with Gasteiger partial charge >= 0.3 is 0 Å². The van der Waals surface area contributed by atoms with E-state index in [1.165, 1.54) is 4.90 Å². The van der Waals surface area contributed by atoms with Gasteiger partial charge in [0.05, 0.1) is 17.7 Å². The number of amides is 1. The monoisotopic (exact) mass is 456 g/mol. The molecule has 1 amide bonds.